The van der Waals surface area contributed by atoms with Crippen molar-refractivity contribution >= 4 is 0 Å². The van der Waals surface area contributed by atoms with Gasteiger partial charge in [0.2, 0.25) is 0 Å². The molecule has 11 nitrogen and oxygen atoms in total. The fraction of sp³-hybridized carbons (Fsp3) is 0.0896. The maximum absolute atomic E-state index is 4.27. The summed E-state index contributed by atoms with van der Waals surface area (Å²) in [5, 5.41) is 0. The monoisotopic (exact) mass is 1020 g/mol. The van der Waals surface area contributed by atoms with Crippen molar-refractivity contribution in [2.45, 2.75) is 41.5 Å². The van der Waals surface area contributed by atoms with Gasteiger partial charge in [-0.2, -0.15) is 0 Å². The molecular formula is C67H61N11. The van der Waals surface area contributed by atoms with Crippen molar-refractivity contribution in [3.8, 4) is 66.9 Å². The van der Waals surface area contributed by atoms with Crippen molar-refractivity contribution < 1.29 is 0 Å². The fourth-order valence-electron chi connectivity index (χ4n) is 7.96. The molecule has 0 saturated carbocycles. The van der Waals surface area contributed by atoms with E-state index in [2.05, 4.69) is 105 Å². The normalized spacial score (nSPS) is 9.92. The molecule has 0 amide bonds. The predicted octanol–water partition coefficient (Wildman–Crippen LogP) is 15.3. The zero-order valence-corrected chi connectivity index (χ0v) is 44.7. The van der Waals surface area contributed by atoms with Gasteiger partial charge in [-0.3, -0.25) is 54.8 Å². The van der Waals surface area contributed by atoms with Gasteiger partial charge < -0.3 is 0 Å². The van der Waals surface area contributed by atoms with Crippen LogP contribution in [0, 0.1) is 41.5 Å². The Labute approximate surface area is 458 Å². The molecular weight excluding hydrogens is 959 g/mol. The first kappa shape index (κ1) is 55.6. The highest BCUT2D eigenvalue weighted by molar-refractivity contribution is 5.68. The van der Waals surface area contributed by atoms with Crippen LogP contribution in [-0.2, 0) is 0 Å². The summed E-state index contributed by atoms with van der Waals surface area (Å²) in [5.41, 5.74) is 20.4. The van der Waals surface area contributed by atoms with Gasteiger partial charge in [0, 0.05) is 162 Å². The van der Waals surface area contributed by atoms with Crippen LogP contribution in [0.4, 0.5) is 0 Å². The standard InChI is InChI=1S/C12H11N.5C11H10N2/c1-10-12(8-5-9-13-10)11-6-3-2-4-7-11;1-9-8-13-7-4-11(9)10-2-5-12-6-3-10;1-9-11(5-3-7-13-9)10-4-2-6-12-8-10;1-9-11(3-2-6-13-9)10-4-7-12-8-5-10;1-9-10(5-4-8-12-9)11-6-2-3-7-13-11;1-9-7-13-6-4-11(9)10-3-2-5-12-8-10/h2-9H,1H3;5*2-8H,1H3. The molecule has 0 radical (unpaired) electrons. The van der Waals surface area contributed by atoms with Crippen LogP contribution in [0.3, 0.4) is 0 Å². The average molecular weight is 1020 g/mol. The highest BCUT2D eigenvalue weighted by atomic mass is 14.7. The molecule has 0 spiro atoms. The van der Waals surface area contributed by atoms with Gasteiger partial charge in [-0.25, -0.2) is 0 Å². The van der Waals surface area contributed by atoms with E-state index in [1.54, 1.807) is 68.2 Å². The van der Waals surface area contributed by atoms with Crippen LogP contribution >= 0.6 is 0 Å². The molecule has 0 fully saturated rings. The lowest BCUT2D eigenvalue weighted by atomic mass is 10.0. The highest BCUT2D eigenvalue weighted by Gasteiger charge is 2.04. The van der Waals surface area contributed by atoms with E-state index in [9.17, 15) is 0 Å². The lowest BCUT2D eigenvalue weighted by Gasteiger charge is -2.03. The Hall–Kier alpha value is -10.1. The maximum Gasteiger partial charge on any atom is 0.0720 e. The van der Waals surface area contributed by atoms with Gasteiger partial charge in [0.1, 0.15) is 0 Å². The Bertz CT molecular complexity index is 3000. The molecule has 0 saturated heterocycles. The number of aryl methyl sites for hydroxylation is 6. The highest BCUT2D eigenvalue weighted by Crippen LogP contribution is 2.24. The van der Waals surface area contributed by atoms with Crippen molar-refractivity contribution in [2.24, 2.45) is 0 Å². The Morgan fingerprint density at radius 3 is 0.949 bits per heavy atom. The van der Waals surface area contributed by atoms with Crippen LogP contribution < -0.4 is 0 Å². The second-order valence-corrected chi connectivity index (χ2v) is 17.5. The van der Waals surface area contributed by atoms with Crippen molar-refractivity contribution in [3.63, 3.8) is 0 Å². The zero-order valence-electron chi connectivity index (χ0n) is 44.7. The van der Waals surface area contributed by atoms with Crippen molar-refractivity contribution in [1.82, 2.24) is 54.8 Å². The SMILES string of the molecule is Cc1cnccc1-c1cccnc1.Cc1cnccc1-c1ccncc1.Cc1ncccc1-c1ccccc1.Cc1ncccc1-c1ccccn1.Cc1ncccc1-c1cccnc1.Cc1ncccc1-c1ccncc1. The summed E-state index contributed by atoms with van der Waals surface area (Å²) < 4.78 is 0. The van der Waals surface area contributed by atoms with Gasteiger partial charge in [0.25, 0.3) is 0 Å². The summed E-state index contributed by atoms with van der Waals surface area (Å²) >= 11 is 0. The Morgan fingerprint density at radius 1 is 0.205 bits per heavy atom. The van der Waals surface area contributed by atoms with Gasteiger partial charge >= 0.3 is 0 Å². The third kappa shape index (κ3) is 17.0. The lowest BCUT2D eigenvalue weighted by Crippen LogP contribution is -1.87. The van der Waals surface area contributed by atoms with Gasteiger partial charge in [0.05, 0.1) is 5.69 Å². The summed E-state index contributed by atoms with van der Waals surface area (Å²) in [6.45, 7) is 12.1. The largest absolute Gasteiger partial charge is 0.265 e. The molecule has 0 aliphatic heterocycles. The zero-order chi connectivity index (χ0) is 54.6. The van der Waals surface area contributed by atoms with Gasteiger partial charge in [0.15, 0.2) is 0 Å². The minimum atomic E-state index is 0.980. The second kappa shape index (κ2) is 30.3. The third-order valence-corrected chi connectivity index (χ3v) is 12.0. The van der Waals surface area contributed by atoms with Crippen LogP contribution in [0.25, 0.3) is 66.9 Å². The molecule has 11 aromatic heterocycles. The summed E-state index contributed by atoms with van der Waals surface area (Å²) in [7, 11) is 0. The predicted molar refractivity (Wildman–Crippen MR) is 315 cm³/mol. The van der Waals surface area contributed by atoms with E-state index in [1.165, 1.54) is 50.1 Å². The van der Waals surface area contributed by atoms with Crippen molar-refractivity contribution in [3.05, 3.63) is 297 Å². The summed E-state index contributed by atoms with van der Waals surface area (Å²) in [6, 6.07) is 52.2. The molecule has 12 aromatic rings. The molecule has 11 heteroatoms. The molecule has 0 aliphatic carbocycles. The number of pyridine rings is 11. The average Bonchev–Trinajstić information content (AvgIpc) is 3.50. The summed E-state index contributed by atoms with van der Waals surface area (Å²) in [6.07, 6.45) is 30.8. The first-order valence-electron chi connectivity index (χ1n) is 25.3. The molecule has 12 rings (SSSR count). The number of aromatic nitrogens is 11. The van der Waals surface area contributed by atoms with E-state index in [-0.39, 0.29) is 0 Å². The smallest absolute Gasteiger partial charge is 0.0720 e. The van der Waals surface area contributed by atoms with E-state index in [1.807, 2.05) is 186 Å². The molecule has 384 valence electrons. The van der Waals surface area contributed by atoms with Crippen LogP contribution in [0.2, 0.25) is 0 Å². The molecule has 0 bridgehead atoms. The van der Waals surface area contributed by atoms with Crippen molar-refractivity contribution in [1.29, 1.82) is 0 Å². The fourth-order valence-corrected chi connectivity index (χ4v) is 7.96. The van der Waals surface area contributed by atoms with E-state index < -0.39 is 0 Å². The van der Waals surface area contributed by atoms with Crippen LogP contribution in [0.15, 0.2) is 263 Å². The van der Waals surface area contributed by atoms with Crippen LogP contribution in [0.5, 0.6) is 0 Å². The van der Waals surface area contributed by atoms with Crippen molar-refractivity contribution in [2.75, 3.05) is 0 Å². The molecule has 11 heterocycles. The minimum absolute atomic E-state index is 0.980. The number of rotatable bonds is 6. The van der Waals surface area contributed by atoms with Gasteiger partial charge in [-0.15, -0.1) is 0 Å². The van der Waals surface area contributed by atoms with Crippen LogP contribution in [0.1, 0.15) is 33.9 Å². The summed E-state index contributed by atoms with van der Waals surface area (Å²) in [4.78, 5) is 45.4. The number of hydrogen-bond donors (Lipinski definition) is 0. The topological polar surface area (TPSA) is 142 Å². The van der Waals surface area contributed by atoms with Gasteiger partial charge in [-0.1, -0.05) is 66.7 Å². The number of nitrogens with zero attached hydrogens (tertiary/aromatic N) is 11. The Morgan fingerprint density at radius 2 is 0.538 bits per heavy atom. The maximum atomic E-state index is 4.27. The van der Waals surface area contributed by atoms with E-state index >= 15 is 0 Å². The quantitative estimate of drug-likeness (QED) is 0.157. The molecule has 0 aliphatic rings. The van der Waals surface area contributed by atoms with Crippen LogP contribution in [-0.4, -0.2) is 54.8 Å². The number of benzene rings is 1. The summed E-state index contributed by atoms with van der Waals surface area (Å²) in [5.74, 6) is 0. The molecule has 78 heavy (non-hydrogen) atoms. The number of hydrogen-bond acceptors (Lipinski definition) is 11. The molecule has 0 N–H and O–H groups in total. The molecule has 0 unspecified atom stereocenters. The van der Waals surface area contributed by atoms with E-state index in [0.29, 0.717) is 0 Å². The minimum Gasteiger partial charge on any atom is -0.265 e. The first-order valence-corrected chi connectivity index (χ1v) is 25.3. The van der Waals surface area contributed by atoms with E-state index in [4.69, 9.17) is 0 Å². The second-order valence-electron chi connectivity index (χ2n) is 17.5. The van der Waals surface area contributed by atoms with Gasteiger partial charge in [-0.05, 0) is 171 Å². The lowest BCUT2D eigenvalue weighted by molar-refractivity contribution is 1.19. The Kier molecular flexibility index (Phi) is 21.6. The van der Waals surface area contributed by atoms with E-state index in [0.717, 1.165) is 50.7 Å². The third-order valence-electron chi connectivity index (χ3n) is 12.0. The molecule has 1 aromatic carbocycles. The Balaban J connectivity index is 0.000000136. The molecule has 0 atom stereocenters. The first-order chi connectivity index (χ1) is 38.3.